The highest BCUT2D eigenvalue weighted by atomic mass is 32.1. The number of nitrogens with one attached hydrogen (secondary N) is 1. The number of hydrogen-bond acceptors (Lipinski definition) is 4. The zero-order valence-electron chi connectivity index (χ0n) is 12.5. The molecule has 21 heavy (non-hydrogen) atoms. The van der Waals surface area contributed by atoms with Crippen LogP contribution in [0, 0.1) is 6.92 Å². The first-order valence-electron chi connectivity index (χ1n) is 7.71. The summed E-state index contributed by atoms with van der Waals surface area (Å²) in [6.07, 6.45) is 5.78. The lowest BCUT2D eigenvalue weighted by atomic mass is 9.79. The lowest BCUT2D eigenvalue weighted by Crippen LogP contribution is -2.38. The molecule has 0 amide bonds. The van der Waals surface area contributed by atoms with Crippen molar-refractivity contribution in [1.82, 2.24) is 10.4 Å². The van der Waals surface area contributed by atoms with Crippen molar-refractivity contribution in [2.45, 2.75) is 51.0 Å². The molecule has 2 aromatic rings. The van der Waals surface area contributed by atoms with E-state index in [1.807, 2.05) is 0 Å². The molecule has 0 fully saturated rings. The Labute approximate surface area is 130 Å². The minimum Gasteiger partial charge on any atom is -0.271 e. The highest BCUT2D eigenvalue weighted by Crippen LogP contribution is 2.34. The van der Waals surface area contributed by atoms with E-state index in [1.54, 1.807) is 11.3 Å². The third kappa shape index (κ3) is 3.51. The van der Waals surface area contributed by atoms with Crippen LogP contribution in [0.4, 0.5) is 0 Å². The van der Waals surface area contributed by atoms with Crippen LogP contribution in [-0.2, 0) is 12.8 Å². The summed E-state index contributed by atoms with van der Waals surface area (Å²) < 4.78 is 0. The molecule has 2 atom stereocenters. The molecule has 0 radical (unpaired) electrons. The van der Waals surface area contributed by atoms with Crippen LogP contribution in [0.2, 0.25) is 0 Å². The zero-order valence-corrected chi connectivity index (χ0v) is 13.3. The molecule has 1 heterocycles. The maximum atomic E-state index is 5.79. The van der Waals surface area contributed by atoms with E-state index in [0.29, 0.717) is 12.0 Å². The molecule has 1 aromatic heterocycles. The molecule has 1 aromatic carbocycles. The second kappa shape index (κ2) is 6.69. The lowest BCUT2D eigenvalue weighted by molar-refractivity contribution is 0.412. The summed E-state index contributed by atoms with van der Waals surface area (Å²) in [5.41, 5.74) is 7.21. The fourth-order valence-electron chi connectivity index (χ4n) is 3.41. The minimum atomic E-state index is 0.294. The van der Waals surface area contributed by atoms with Crippen molar-refractivity contribution in [2.75, 3.05) is 0 Å². The molecule has 1 aliphatic carbocycles. The van der Waals surface area contributed by atoms with E-state index in [0.717, 1.165) is 23.5 Å². The number of benzene rings is 1. The SMILES string of the molecule is Cc1nc(CC(CC2CCCc3ccccc32)NN)cs1. The number of hydrogen-bond donors (Lipinski definition) is 2. The first-order valence-corrected chi connectivity index (χ1v) is 8.59. The molecular formula is C17H23N3S. The number of fused-ring (bicyclic) bond motifs is 1. The summed E-state index contributed by atoms with van der Waals surface area (Å²) in [7, 11) is 0. The maximum absolute atomic E-state index is 5.79. The largest absolute Gasteiger partial charge is 0.271 e. The Balaban J connectivity index is 1.70. The summed E-state index contributed by atoms with van der Waals surface area (Å²) in [6.45, 7) is 2.05. The van der Waals surface area contributed by atoms with Crippen molar-refractivity contribution in [3.05, 3.63) is 51.5 Å². The Bertz CT molecular complexity index is 593. The molecule has 1 aliphatic rings. The number of nitrogens with zero attached hydrogens (tertiary/aromatic N) is 1. The number of hydrazine groups is 1. The number of thiazole rings is 1. The molecule has 2 unspecified atom stereocenters. The van der Waals surface area contributed by atoms with Crippen molar-refractivity contribution in [2.24, 2.45) is 5.84 Å². The Morgan fingerprint density at radius 3 is 3.05 bits per heavy atom. The predicted octanol–water partition coefficient (Wildman–Crippen LogP) is 3.34. The van der Waals surface area contributed by atoms with Crippen molar-refractivity contribution in [3.63, 3.8) is 0 Å². The van der Waals surface area contributed by atoms with E-state index in [4.69, 9.17) is 5.84 Å². The summed E-state index contributed by atoms with van der Waals surface area (Å²) in [6, 6.07) is 9.17. The van der Waals surface area contributed by atoms with Gasteiger partial charge in [0, 0.05) is 17.8 Å². The van der Waals surface area contributed by atoms with Gasteiger partial charge in [-0.1, -0.05) is 24.3 Å². The van der Waals surface area contributed by atoms with Gasteiger partial charge in [0.15, 0.2) is 0 Å². The van der Waals surface area contributed by atoms with Gasteiger partial charge in [0.1, 0.15) is 0 Å². The van der Waals surface area contributed by atoms with E-state index >= 15 is 0 Å². The van der Waals surface area contributed by atoms with E-state index in [1.165, 1.54) is 30.4 Å². The summed E-state index contributed by atoms with van der Waals surface area (Å²) in [4.78, 5) is 4.56. The molecule has 3 rings (SSSR count). The Morgan fingerprint density at radius 2 is 2.29 bits per heavy atom. The predicted molar refractivity (Wildman–Crippen MR) is 88.4 cm³/mol. The number of aromatic nitrogens is 1. The van der Waals surface area contributed by atoms with E-state index in [-0.39, 0.29) is 0 Å². The molecule has 3 N–H and O–H groups in total. The topological polar surface area (TPSA) is 50.9 Å². The van der Waals surface area contributed by atoms with Crippen LogP contribution < -0.4 is 11.3 Å². The maximum Gasteiger partial charge on any atom is 0.0897 e. The van der Waals surface area contributed by atoms with Crippen LogP contribution >= 0.6 is 11.3 Å². The van der Waals surface area contributed by atoms with Gasteiger partial charge >= 0.3 is 0 Å². The standard InChI is InChI=1S/C17H23N3S/c1-12-19-16(11-21-12)10-15(20-18)9-14-7-4-6-13-5-2-3-8-17(13)14/h2-3,5,8,11,14-15,20H,4,6-7,9-10,18H2,1H3. The van der Waals surface area contributed by atoms with Gasteiger partial charge in [0.25, 0.3) is 0 Å². The lowest BCUT2D eigenvalue weighted by Gasteiger charge is -2.28. The number of aryl methyl sites for hydroxylation is 2. The molecule has 0 saturated carbocycles. The third-order valence-electron chi connectivity index (χ3n) is 4.42. The van der Waals surface area contributed by atoms with Crippen molar-refractivity contribution >= 4 is 11.3 Å². The first-order chi connectivity index (χ1) is 10.3. The normalized spacial score (nSPS) is 19.2. The van der Waals surface area contributed by atoms with Crippen LogP contribution in [-0.4, -0.2) is 11.0 Å². The molecule has 4 heteroatoms. The van der Waals surface area contributed by atoms with Gasteiger partial charge in [-0.2, -0.15) is 0 Å². The third-order valence-corrected chi connectivity index (χ3v) is 5.24. The van der Waals surface area contributed by atoms with Crippen LogP contribution in [0.15, 0.2) is 29.6 Å². The highest BCUT2D eigenvalue weighted by Gasteiger charge is 2.23. The second-order valence-corrected chi connectivity index (χ2v) is 7.01. The molecule has 112 valence electrons. The van der Waals surface area contributed by atoms with Gasteiger partial charge in [0.2, 0.25) is 0 Å². The minimum absolute atomic E-state index is 0.294. The van der Waals surface area contributed by atoms with Gasteiger partial charge in [-0.3, -0.25) is 11.3 Å². The molecule has 3 nitrogen and oxygen atoms in total. The van der Waals surface area contributed by atoms with Crippen LogP contribution in [0.25, 0.3) is 0 Å². The average molecular weight is 301 g/mol. The molecule has 0 bridgehead atoms. The first kappa shape index (κ1) is 14.7. The molecule has 0 aliphatic heterocycles. The molecule has 0 saturated heterocycles. The quantitative estimate of drug-likeness (QED) is 0.658. The Hall–Kier alpha value is -1.23. The fourth-order valence-corrected chi connectivity index (χ4v) is 4.03. The summed E-state index contributed by atoms with van der Waals surface area (Å²) in [5.74, 6) is 6.41. The Morgan fingerprint density at radius 1 is 1.43 bits per heavy atom. The highest BCUT2D eigenvalue weighted by molar-refractivity contribution is 7.09. The average Bonchev–Trinajstić information content (AvgIpc) is 2.92. The van der Waals surface area contributed by atoms with Crippen molar-refractivity contribution < 1.29 is 0 Å². The smallest absolute Gasteiger partial charge is 0.0897 e. The molecule has 0 spiro atoms. The van der Waals surface area contributed by atoms with Crippen molar-refractivity contribution in [3.8, 4) is 0 Å². The van der Waals surface area contributed by atoms with Gasteiger partial charge in [-0.15, -0.1) is 11.3 Å². The van der Waals surface area contributed by atoms with Gasteiger partial charge in [-0.05, 0) is 49.7 Å². The van der Waals surface area contributed by atoms with Crippen molar-refractivity contribution in [1.29, 1.82) is 0 Å². The molecular weight excluding hydrogens is 278 g/mol. The number of rotatable bonds is 5. The monoisotopic (exact) mass is 301 g/mol. The van der Waals surface area contributed by atoms with E-state index in [9.17, 15) is 0 Å². The van der Waals surface area contributed by atoms with Gasteiger partial charge in [-0.25, -0.2) is 4.98 Å². The Kier molecular flexibility index (Phi) is 4.68. The van der Waals surface area contributed by atoms with Crippen LogP contribution in [0.1, 0.15) is 47.0 Å². The van der Waals surface area contributed by atoms with Gasteiger partial charge in [0.05, 0.1) is 10.7 Å². The van der Waals surface area contributed by atoms with Crippen LogP contribution in [0.5, 0.6) is 0 Å². The summed E-state index contributed by atoms with van der Waals surface area (Å²) >= 11 is 1.71. The number of nitrogens with two attached hydrogens (primary N) is 1. The second-order valence-electron chi connectivity index (χ2n) is 5.95. The fraction of sp³-hybridized carbons (Fsp3) is 0.471. The summed E-state index contributed by atoms with van der Waals surface area (Å²) in [5, 5.41) is 3.28. The van der Waals surface area contributed by atoms with Gasteiger partial charge < -0.3 is 0 Å². The van der Waals surface area contributed by atoms with Crippen LogP contribution in [0.3, 0.4) is 0 Å². The van der Waals surface area contributed by atoms with E-state index < -0.39 is 0 Å². The van der Waals surface area contributed by atoms with E-state index in [2.05, 4.69) is 47.0 Å². The zero-order chi connectivity index (χ0) is 14.7.